The van der Waals surface area contributed by atoms with Crippen LogP contribution in [0.5, 0.6) is 0 Å². The largest absolute Gasteiger partial charge is 0.387 e. The Morgan fingerprint density at radius 2 is 2.07 bits per heavy atom. The smallest absolute Gasteiger partial charge is 0.244 e. The first-order valence-corrected chi connectivity index (χ1v) is 9.30. The van der Waals surface area contributed by atoms with Gasteiger partial charge in [-0.05, 0) is 32.5 Å². The highest BCUT2D eigenvalue weighted by Gasteiger charge is 2.82. The van der Waals surface area contributed by atoms with E-state index < -0.39 is 19.2 Å². The van der Waals surface area contributed by atoms with Crippen molar-refractivity contribution in [3.8, 4) is 0 Å². The molecule has 2 aliphatic rings. The van der Waals surface area contributed by atoms with Gasteiger partial charge in [-0.1, -0.05) is 18.0 Å². The summed E-state index contributed by atoms with van der Waals surface area (Å²) in [6.07, 6.45) is 2.71. The summed E-state index contributed by atoms with van der Waals surface area (Å²) in [6, 6.07) is 0. The van der Waals surface area contributed by atoms with Gasteiger partial charge in [-0.3, -0.25) is 0 Å². The molecule has 0 radical (unpaired) electrons. The summed E-state index contributed by atoms with van der Waals surface area (Å²) in [5.74, 6) is -1.41. The molecule has 2 rings (SSSR count). The Morgan fingerprint density at radius 1 is 1.40 bits per heavy atom. The fourth-order valence-electron chi connectivity index (χ4n) is 2.29. The normalized spacial score (nSPS) is 45.8. The minimum atomic E-state index is -1.84. The van der Waals surface area contributed by atoms with Crippen LogP contribution in [0.1, 0.15) is 19.3 Å². The molecule has 1 aliphatic carbocycles. The van der Waals surface area contributed by atoms with Gasteiger partial charge in [-0.2, -0.15) is 0 Å². The first-order valence-electron chi connectivity index (χ1n) is 5.51. The maximum Gasteiger partial charge on any atom is 0.244 e. The molecule has 0 amide bonds. The summed E-state index contributed by atoms with van der Waals surface area (Å²) in [7, 11) is -1.84. The molecule has 0 aromatic rings. The third kappa shape index (κ3) is 1.86. The Kier molecular flexibility index (Phi) is 2.70. The van der Waals surface area contributed by atoms with Crippen molar-refractivity contribution in [2.75, 3.05) is 6.61 Å². The third-order valence-electron chi connectivity index (χ3n) is 2.94. The van der Waals surface area contributed by atoms with E-state index in [9.17, 15) is 4.39 Å². The maximum atomic E-state index is 14.1. The van der Waals surface area contributed by atoms with E-state index >= 15 is 0 Å². The van der Waals surface area contributed by atoms with Crippen molar-refractivity contribution in [1.29, 1.82) is 0 Å². The number of fused-ring (bicyclic) bond motifs is 1. The predicted molar refractivity (Wildman–Crippen MR) is 60.1 cm³/mol. The SMILES string of the molecule is C[Si](C)(C)OC12OCCCCC1C2(F)Cl. The van der Waals surface area contributed by atoms with Gasteiger partial charge in [0, 0.05) is 0 Å². The lowest BCUT2D eigenvalue weighted by molar-refractivity contribution is -0.135. The molecule has 15 heavy (non-hydrogen) atoms. The molecule has 3 atom stereocenters. The molecule has 3 unspecified atom stereocenters. The van der Waals surface area contributed by atoms with Gasteiger partial charge in [0.05, 0.1) is 12.5 Å². The van der Waals surface area contributed by atoms with Crippen LogP contribution in [-0.4, -0.2) is 25.8 Å². The lowest BCUT2D eigenvalue weighted by Crippen LogP contribution is -2.39. The van der Waals surface area contributed by atoms with Gasteiger partial charge in [0.15, 0.2) is 8.32 Å². The molecule has 0 bridgehead atoms. The van der Waals surface area contributed by atoms with E-state index in [1.807, 2.05) is 19.6 Å². The number of halogens is 2. The Bertz CT molecular complexity index is 267. The van der Waals surface area contributed by atoms with Gasteiger partial charge < -0.3 is 9.16 Å². The summed E-state index contributed by atoms with van der Waals surface area (Å²) in [4.78, 5) is 0. The van der Waals surface area contributed by atoms with Gasteiger partial charge in [-0.25, -0.2) is 4.39 Å². The molecule has 0 spiro atoms. The van der Waals surface area contributed by atoms with Crippen molar-refractivity contribution in [3.63, 3.8) is 0 Å². The molecule has 1 saturated heterocycles. The third-order valence-corrected chi connectivity index (χ3v) is 4.38. The van der Waals surface area contributed by atoms with Crippen LogP contribution in [0, 0.1) is 5.92 Å². The zero-order valence-electron chi connectivity index (χ0n) is 9.48. The summed E-state index contributed by atoms with van der Waals surface area (Å²) in [5, 5.41) is -1.80. The molecule has 5 heteroatoms. The lowest BCUT2D eigenvalue weighted by atomic mass is 10.2. The molecule has 0 N–H and O–H groups in total. The second-order valence-corrected chi connectivity index (χ2v) is 10.4. The molecular formula is C10H18ClFO2Si. The van der Waals surface area contributed by atoms with Crippen molar-refractivity contribution < 1.29 is 13.6 Å². The Morgan fingerprint density at radius 3 is 2.67 bits per heavy atom. The Balaban J connectivity index is 2.17. The van der Waals surface area contributed by atoms with Crippen molar-refractivity contribution in [2.24, 2.45) is 5.92 Å². The fraction of sp³-hybridized carbons (Fsp3) is 1.00. The van der Waals surface area contributed by atoms with Crippen molar-refractivity contribution >= 4 is 19.9 Å². The van der Waals surface area contributed by atoms with Crippen molar-refractivity contribution in [1.82, 2.24) is 0 Å². The van der Waals surface area contributed by atoms with Gasteiger partial charge in [-0.15, -0.1) is 0 Å². The van der Waals surface area contributed by atoms with Gasteiger partial charge in [0.1, 0.15) is 0 Å². The minimum Gasteiger partial charge on any atom is -0.387 e. The molecule has 1 aliphatic heterocycles. The first-order chi connectivity index (χ1) is 6.80. The average molecular weight is 253 g/mol. The molecule has 0 aromatic carbocycles. The van der Waals surface area contributed by atoms with Crippen LogP contribution in [0.2, 0.25) is 19.6 Å². The Hall–Kier alpha value is 0.357. The standard InChI is InChI=1S/C10H18ClFO2Si/c1-15(2,3)14-10-8(9(10,11)12)6-4-5-7-13-10/h8H,4-7H2,1-3H3. The van der Waals surface area contributed by atoms with Crippen LogP contribution < -0.4 is 0 Å². The van der Waals surface area contributed by atoms with Gasteiger partial charge in [0.2, 0.25) is 10.9 Å². The van der Waals surface area contributed by atoms with E-state index in [0.717, 1.165) is 19.3 Å². The topological polar surface area (TPSA) is 18.5 Å². The van der Waals surface area contributed by atoms with Gasteiger partial charge in [0.25, 0.3) is 0 Å². The number of ether oxygens (including phenoxy) is 1. The Labute approximate surface area is 96.2 Å². The number of rotatable bonds is 2. The quantitative estimate of drug-likeness (QED) is 0.555. The average Bonchev–Trinajstić information content (AvgIpc) is 2.57. The van der Waals surface area contributed by atoms with Crippen molar-refractivity contribution in [3.05, 3.63) is 0 Å². The highest BCUT2D eigenvalue weighted by atomic mass is 35.5. The summed E-state index contributed by atoms with van der Waals surface area (Å²) >= 11 is 5.85. The first kappa shape index (κ1) is 11.8. The maximum absolute atomic E-state index is 14.1. The monoisotopic (exact) mass is 252 g/mol. The van der Waals surface area contributed by atoms with E-state index in [-0.39, 0.29) is 5.92 Å². The zero-order valence-corrected chi connectivity index (χ0v) is 11.2. The molecule has 0 aromatic heterocycles. The summed E-state index contributed by atoms with van der Waals surface area (Å²) < 4.78 is 25.5. The molecular weight excluding hydrogens is 235 g/mol. The highest BCUT2D eigenvalue weighted by Crippen LogP contribution is 2.67. The summed E-state index contributed by atoms with van der Waals surface area (Å²) in [6.45, 7) is 6.63. The van der Waals surface area contributed by atoms with Crippen LogP contribution in [0.15, 0.2) is 0 Å². The predicted octanol–water partition coefficient (Wildman–Crippen LogP) is 3.27. The van der Waals surface area contributed by atoms with E-state index in [1.165, 1.54) is 0 Å². The molecule has 2 nitrogen and oxygen atoms in total. The van der Waals surface area contributed by atoms with Crippen LogP contribution in [0.4, 0.5) is 4.39 Å². The van der Waals surface area contributed by atoms with E-state index in [2.05, 4.69) is 0 Å². The second kappa shape index (κ2) is 3.42. The highest BCUT2D eigenvalue weighted by molar-refractivity contribution is 6.70. The van der Waals surface area contributed by atoms with Gasteiger partial charge >= 0.3 is 0 Å². The van der Waals surface area contributed by atoms with Crippen LogP contribution in [0.3, 0.4) is 0 Å². The lowest BCUT2D eigenvalue weighted by Gasteiger charge is -2.27. The molecule has 88 valence electrons. The van der Waals surface area contributed by atoms with Crippen LogP contribution >= 0.6 is 11.6 Å². The molecule has 1 saturated carbocycles. The second-order valence-electron chi connectivity index (χ2n) is 5.40. The van der Waals surface area contributed by atoms with E-state index in [0.29, 0.717) is 6.61 Å². The number of hydrogen-bond acceptors (Lipinski definition) is 2. The molecule has 2 fully saturated rings. The van der Waals surface area contributed by atoms with Crippen molar-refractivity contribution in [2.45, 2.75) is 49.8 Å². The van der Waals surface area contributed by atoms with Crippen LogP contribution in [0.25, 0.3) is 0 Å². The van der Waals surface area contributed by atoms with E-state index in [4.69, 9.17) is 20.8 Å². The zero-order chi connectivity index (χ0) is 11.3. The number of hydrogen-bond donors (Lipinski definition) is 0. The fourth-order valence-corrected chi connectivity index (χ4v) is 4.04. The minimum absolute atomic E-state index is 0.277. The van der Waals surface area contributed by atoms with Crippen LogP contribution in [-0.2, 0) is 9.16 Å². The van der Waals surface area contributed by atoms with E-state index in [1.54, 1.807) is 0 Å². The number of alkyl halides is 2. The molecule has 1 heterocycles. The summed E-state index contributed by atoms with van der Waals surface area (Å²) in [5.41, 5.74) is 0.